The molecule has 0 radical (unpaired) electrons. The SMILES string of the molecule is Cl.O=C(NCCOC1CCCCCC1)[C@@H]1CCCCN1. The number of carbonyl (C=O) groups excluding carboxylic acids is 1. The van der Waals surface area contributed by atoms with Crippen LogP contribution in [0.25, 0.3) is 0 Å². The number of amides is 1. The summed E-state index contributed by atoms with van der Waals surface area (Å²) < 4.78 is 5.87. The van der Waals surface area contributed by atoms with E-state index in [1.165, 1.54) is 44.9 Å². The van der Waals surface area contributed by atoms with Crippen molar-refractivity contribution in [2.45, 2.75) is 69.9 Å². The lowest BCUT2D eigenvalue weighted by Gasteiger charge is -2.22. The van der Waals surface area contributed by atoms with Crippen LogP contribution in [0.4, 0.5) is 0 Å². The predicted octanol–water partition coefficient (Wildman–Crippen LogP) is 2.41. The number of hydrogen-bond donors (Lipinski definition) is 2. The first-order valence-corrected chi connectivity index (χ1v) is 7.99. The third-order valence-electron chi connectivity index (χ3n) is 4.18. The maximum absolute atomic E-state index is 11.9. The molecule has 0 bridgehead atoms. The van der Waals surface area contributed by atoms with Gasteiger partial charge in [-0.05, 0) is 32.2 Å². The van der Waals surface area contributed by atoms with Crippen LogP contribution in [-0.2, 0) is 9.53 Å². The van der Waals surface area contributed by atoms with Gasteiger partial charge in [0, 0.05) is 6.54 Å². The molecule has 4 nitrogen and oxygen atoms in total. The molecular formula is C15H29ClN2O2. The summed E-state index contributed by atoms with van der Waals surface area (Å²) in [5.74, 6) is 0.143. The van der Waals surface area contributed by atoms with Crippen LogP contribution >= 0.6 is 12.4 Å². The van der Waals surface area contributed by atoms with Crippen LogP contribution in [0.15, 0.2) is 0 Å². The topological polar surface area (TPSA) is 50.4 Å². The van der Waals surface area contributed by atoms with Gasteiger partial charge < -0.3 is 15.4 Å². The number of halogens is 1. The molecule has 0 aromatic rings. The minimum Gasteiger partial charge on any atom is -0.376 e. The zero-order chi connectivity index (χ0) is 13.3. The van der Waals surface area contributed by atoms with E-state index in [0.717, 1.165) is 19.4 Å². The molecule has 0 spiro atoms. The first-order valence-electron chi connectivity index (χ1n) is 7.99. The van der Waals surface area contributed by atoms with Crippen LogP contribution in [0.1, 0.15) is 57.8 Å². The number of rotatable bonds is 5. The Hall–Kier alpha value is -0.320. The molecule has 20 heavy (non-hydrogen) atoms. The zero-order valence-corrected chi connectivity index (χ0v) is 13.2. The summed E-state index contributed by atoms with van der Waals surface area (Å²) in [6.45, 7) is 2.27. The van der Waals surface area contributed by atoms with Gasteiger partial charge in [-0.15, -0.1) is 12.4 Å². The average Bonchev–Trinajstić information content (AvgIpc) is 2.73. The van der Waals surface area contributed by atoms with Crippen LogP contribution in [0.2, 0.25) is 0 Å². The minimum absolute atomic E-state index is 0. The summed E-state index contributed by atoms with van der Waals surface area (Å²) in [6.07, 6.45) is 11.4. The highest BCUT2D eigenvalue weighted by molar-refractivity contribution is 5.85. The molecule has 0 unspecified atom stereocenters. The van der Waals surface area contributed by atoms with Crippen molar-refractivity contribution in [1.82, 2.24) is 10.6 Å². The molecule has 2 rings (SSSR count). The molecule has 1 aliphatic carbocycles. The van der Waals surface area contributed by atoms with E-state index >= 15 is 0 Å². The average molecular weight is 305 g/mol. The fourth-order valence-electron chi connectivity index (χ4n) is 3.01. The van der Waals surface area contributed by atoms with Gasteiger partial charge in [-0.25, -0.2) is 0 Å². The van der Waals surface area contributed by atoms with Crippen LogP contribution in [0.3, 0.4) is 0 Å². The third kappa shape index (κ3) is 6.42. The Balaban J connectivity index is 0.00000200. The number of hydrogen-bond acceptors (Lipinski definition) is 3. The Kier molecular flexibility index (Phi) is 9.23. The van der Waals surface area contributed by atoms with Gasteiger partial charge in [-0.2, -0.15) is 0 Å². The molecule has 1 aliphatic heterocycles. The van der Waals surface area contributed by atoms with Crippen molar-refractivity contribution >= 4 is 18.3 Å². The number of piperidine rings is 1. The van der Waals surface area contributed by atoms with Crippen molar-refractivity contribution in [1.29, 1.82) is 0 Å². The van der Waals surface area contributed by atoms with E-state index in [-0.39, 0.29) is 24.4 Å². The second-order valence-corrected chi connectivity index (χ2v) is 5.78. The quantitative estimate of drug-likeness (QED) is 0.606. The highest BCUT2D eigenvalue weighted by atomic mass is 35.5. The van der Waals surface area contributed by atoms with E-state index in [2.05, 4.69) is 10.6 Å². The van der Waals surface area contributed by atoms with Crippen molar-refractivity contribution in [3.8, 4) is 0 Å². The fourth-order valence-corrected chi connectivity index (χ4v) is 3.01. The predicted molar refractivity (Wildman–Crippen MR) is 83.3 cm³/mol. The summed E-state index contributed by atoms with van der Waals surface area (Å²) in [6, 6.07) is 0.0200. The van der Waals surface area contributed by atoms with Crippen LogP contribution in [0, 0.1) is 0 Å². The van der Waals surface area contributed by atoms with Crippen molar-refractivity contribution in [3.63, 3.8) is 0 Å². The molecule has 5 heteroatoms. The van der Waals surface area contributed by atoms with Gasteiger partial charge in [0.2, 0.25) is 5.91 Å². The van der Waals surface area contributed by atoms with E-state index in [0.29, 0.717) is 19.3 Å². The van der Waals surface area contributed by atoms with Crippen molar-refractivity contribution in [2.75, 3.05) is 19.7 Å². The lowest BCUT2D eigenvalue weighted by molar-refractivity contribution is -0.124. The maximum atomic E-state index is 11.9. The lowest BCUT2D eigenvalue weighted by Crippen LogP contribution is -2.47. The Morgan fingerprint density at radius 1 is 1.05 bits per heavy atom. The fraction of sp³-hybridized carbons (Fsp3) is 0.933. The molecule has 1 saturated heterocycles. The standard InChI is InChI=1S/C15H28N2O2.ClH/c18-15(14-9-5-6-10-16-14)17-11-12-19-13-7-3-1-2-4-8-13;/h13-14,16H,1-12H2,(H,17,18);1H/t14-;/m0./s1. The molecule has 0 aromatic heterocycles. The van der Waals surface area contributed by atoms with Gasteiger partial charge in [0.05, 0.1) is 18.8 Å². The van der Waals surface area contributed by atoms with E-state index in [4.69, 9.17) is 4.74 Å². The van der Waals surface area contributed by atoms with E-state index < -0.39 is 0 Å². The van der Waals surface area contributed by atoms with Crippen LogP contribution in [-0.4, -0.2) is 37.7 Å². The largest absolute Gasteiger partial charge is 0.376 e. The Morgan fingerprint density at radius 2 is 1.75 bits per heavy atom. The van der Waals surface area contributed by atoms with Crippen LogP contribution in [0.5, 0.6) is 0 Å². The summed E-state index contributed by atoms with van der Waals surface area (Å²) in [5, 5.41) is 6.25. The molecular weight excluding hydrogens is 276 g/mol. The number of ether oxygens (including phenoxy) is 1. The molecule has 0 aromatic carbocycles. The molecule has 1 atom stereocenters. The maximum Gasteiger partial charge on any atom is 0.237 e. The molecule has 118 valence electrons. The van der Waals surface area contributed by atoms with Gasteiger partial charge >= 0.3 is 0 Å². The van der Waals surface area contributed by atoms with Gasteiger partial charge in [0.25, 0.3) is 0 Å². The van der Waals surface area contributed by atoms with Gasteiger partial charge in [-0.1, -0.05) is 32.1 Å². The first kappa shape index (κ1) is 17.7. The second-order valence-electron chi connectivity index (χ2n) is 5.78. The molecule has 2 aliphatic rings. The summed E-state index contributed by atoms with van der Waals surface area (Å²) in [7, 11) is 0. The van der Waals surface area contributed by atoms with Gasteiger partial charge in [0.1, 0.15) is 0 Å². The first-order chi connectivity index (χ1) is 9.36. The Morgan fingerprint density at radius 3 is 2.40 bits per heavy atom. The zero-order valence-electron chi connectivity index (χ0n) is 12.4. The molecule has 1 heterocycles. The molecule has 2 N–H and O–H groups in total. The van der Waals surface area contributed by atoms with E-state index in [1.54, 1.807) is 0 Å². The normalized spacial score (nSPS) is 24.5. The van der Waals surface area contributed by atoms with Crippen LogP contribution < -0.4 is 10.6 Å². The summed E-state index contributed by atoms with van der Waals surface area (Å²) >= 11 is 0. The lowest BCUT2D eigenvalue weighted by atomic mass is 10.0. The molecule has 1 amide bonds. The summed E-state index contributed by atoms with van der Waals surface area (Å²) in [5.41, 5.74) is 0. The molecule has 2 fully saturated rings. The number of nitrogens with one attached hydrogen (secondary N) is 2. The highest BCUT2D eigenvalue weighted by Crippen LogP contribution is 2.19. The second kappa shape index (κ2) is 10.4. The minimum atomic E-state index is 0. The third-order valence-corrected chi connectivity index (χ3v) is 4.18. The van der Waals surface area contributed by atoms with Gasteiger partial charge in [0.15, 0.2) is 0 Å². The van der Waals surface area contributed by atoms with Crippen molar-refractivity contribution in [2.24, 2.45) is 0 Å². The van der Waals surface area contributed by atoms with E-state index in [1.807, 2.05) is 0 Å². The Labute approximate surface area is 128 Å². The van der Waals surface area contributed by atoms with Crippen molar-refractivity contribution in [3.05, 3.63) is 0 Å². The smallest absolute Gasteiger partial charge is 0.237 e. The Bertz CT molecular complexity index is 263. The molecule has 1 saturated carbocycles. The monoisotopic (exact) mass is 304 g/mol. The van der Waals surface area contributed by atoms with E-state index in [9.17, 15) is 4.79 Å². The van der Waals surface area contributed by atoms with Crippen molar-refractivity contribution < 1.29 is 9.53 Å². The summed E-state index contributed by atoms with van der Waals surface area (Å²) in [4.78, 5) is 11.9. The highest BCUT2D eigenvalue weighted by Gasteiger charge is 2.20. The number of carbonyl (C=O) groups is 1. The van der Waals surface area contributed by atoms with Gasteiger partial charge in [-0.3, -0.25) is 4.79 Å².